The number of hydrogen-bond donors (Lipinski definition) is 3. The Morgan fingerprint density at radius 3 is 2.50 bits per heavy atom. The van der Waals surface area contributed by atoms with Crippen molar-refractivity contribution in [2.45, 2.75) is 32.2 Å². The van der Waals surface area contributed by atoms with E-state index in [0.717, 1.165) is 0 Å². The fraction of sp³-hybridized carbons (Fsp3) is 0.455. The van der Waals surface area contributed by atoms with Gasteiger partial charge in [-0.3, -0.25) is 5.32 Å². The Hall–Kier alpha value is -2.18. The molecule has 7 nitrogen and oxygen atoms in total. The maximum atomic E-state index is 11.6. The van der Waals surface area contributed by atoms with E-state index >= 15 is 0 Å². The van der Waals surface area contributed by atoms with Gasteiger partial charge in [-0.1, -0.05) is 13.3 Å². The van der Waals surface area contributed by atoms with Crippen molar-refractivity contribution in [3.63, 3.8) is 0 Å². The highest BCUT2D eigenvalue weighted by Crippen LogP contribution is 2.12. The molecule has 1 heterocycles. The van der Waals surface area contributed by atoms with Crippen LogP contribution in [0.15, 0.2) is 18.5 Å². The average molecular weight is 252 g/mol. The lowest BCUT2D eigenvalue weighted by molar-refractivity contribution is -0.143. The molecule has 0 aliphatic heterocycles. The van der Waals surface area contributed by atoms with Crippen LogP contribution in [0.5, 0.6) is 0 Å². The van der Waals surface area contributed by atoms with Crippen LogP contribution in [0.3, 0.4) is 0 Å². The third kappa shape index (κ3) is 3.69. The van der Waals surface area contributed by atoms with Gasteiger partial charge in [-0.25, -0.2) is 19.6 Å². The zero-order valence-corrected chi connectivity index (χ0v) is 10.3. The van der Waals surface area contributed by atoms with Crippen LogP contribution in [-0.2, 0) is 4.79 Å². The molecule has 0 fully saturated rings. The quantitative estimate of drug-likeness (QED) is 0.731. The number of aliphatic carboxylic acids is 1. The lowest BCUT2D eigenvalue weighted by Gasteiger charge is -2.25. The molecule has 1 aromatic heterocycles. The third-order valence-corrected chi connectivity index (χ3v) is 2.40. The number of anilines is 1. The van der Waals surface area contributed by atoms with Gasteiger partial charge >= 0.3 is 12.0 Å². The van der Waals surface area contributed by atoms with E-state index in [2.05, 4.69) is 20.6 Å². The van der Waals surface area contributed by atoms with Gasteiger partial charge in [0, 0.05) is 12.4 Å². The molecule has 7 heteroatoms. The molecular formula is C11H16N4O3. The van der Waals surface area contributed by atoms with Crippen LogP contribution in [0.4, 0.5) is 10.7 Å². The summed E-state index contributed by atoms with van der Waals surface area (Å²) in [6, 6.07) is 0.973. The van der Waals surface area contributed by atoms with Gasteiger partial charge in [0.25, 0.3) is 0 Å². The number of hydrogen-bond acceptors (Lipinski definition) is 4. The van der Waals surface area contributed by atoms with Gasteiger partial charge in [0.15, 0.2) is 0 Å². The number of nitrogens with one attached hydrogen (secondary N) is 2. The van der Waals surface area contributed by atoms with Gasteiger partial charge in [0.1, 0.15) is 5.54 Å². The summed E-state index contributed by atoms with van der Waals surface area (Å²) in [6.45, 7) is 3.31. The molecule has 0 bridgehead atoms. The van der Waals surface area contributed by atoms with Crippen molar-refractivity contribution in [2.24, 2.45) is 0 Å². The van der Waals surface area contributed by atoms with E-state index in [0.29, 0.717) is 12.8 Å². The van der Waals surface area contributed by atoms with E-state index < -0.39 is 17.5 Å². The van der Waals surface area contributed by atoms with Gasteiger partial charge in [0.2, 0.25) is 5.95 Å². The summed E-state index contributed by atoms with van der Waals surface area (Å²) in [4.78, 5) is 30.4. The van der Waals surface area contributed by atoms with E-state index in [1.807, 2.05) is 6.92 Å². The Kier molecular flexibility index (Phi) is 4.59. The first-order valence-corrected chi connectivity index (χ1v) is 5.57. The number of urea groups is 1. The number of carboxylic acid groups (broad SMARTS) is 1. The van der Waals surface area contributed by atoms with Crippen LogP contribution in [0.25, 0.3) is 0 Å². The number of carboxylic acids is 1. The Morgan fingerprint density at radius 1 is 1.39 bits per heavy atom. The summed E-state index contributed by atoms with van der Waals surface area (Å²) in [6.07, 6.45) is 3.94. The summed E-state index contributed by atoms with van der Waals surface area (Å²) < 4.78 is 0. The van der Waals surface area contributed by atoms with Crippen LogP contribution in [0.1, 0.15) is 26.7 Å². The van der Waals surface area contributed by atoms with Gasteiger partial charge in [-0.15, -0.1) is 0 Å². The van der Waals surface area contributed by atoms with Crippen LogP contribution in [0, 0.1) is 0 Å². The fourth-order valence-corrected chi connectivity index (χ4v) is 1.47. The van der Waals surface area contributed by atoms with E-state index in [1.54, 1.807) is 6.07 Å². The molecule has 3 N–H and O–H groups in total. The van der Waals surface area contributed by atoms with E-state index in [-0.39, 0.29) is 5.95 Å². The number of amides is 2. The zero-order valence-electron chi connectivity index (χ0n) is 10.3. The van der Waals surface area contributed by atoms with Crippen molar-refractivity contribution in [2.75, 3.05) is 5.32 Å². The number of carbonyl (C=O) groups excluding carboxylic acids is 1. The minimum atomic E-state index is -1.30. The van der Waals surface area contributed by atoms with Crippen LogP contribution in [0.2, 0.25) is 0 Å². The Morgan fingerprint density at radius 2 is 2.00 bits per heavy atom. The molecule has 1 rings (SSSR count). The largest absolute Gasteiger partial charge is 0.480 e. The molecule has 0 saturated carbocycles. The zero-order chi connectivity index (χ0) is 13.6. The molecule has 0 spiro atoms. The predicted molar refractivity (Wildman–Crippen MR) is 65.1 cm³/mol. The van der Waals surface area contributed by atoms with Crippen LogP contribution >= 0.6 is 0 Å². The molecular weight excluding hydrogens is 236 g/mol. The smallest absolute Gasteiger partial charge is 0.329 e. The number of rotatable bonds is 5. The standard InChI is InChI=1S/C11H16N4O3/c1-3-5-11(2,8(16)17)15-10(18)14-9-12-6-4-7-13-9/h4,6-7H,3,5H2,1-2H3,(H,16,17)(H2,12,13,14,15,18). The average Bonchev–Trinajstić information content (AvgIpc) is 2.30. The predicted octanol–water partition coefficient (Wildman–Crippen LogP) is 1.24. The number of aromatic nitrogens is 2. The highest BCUT2D eigenvalue weighted by molar-refractivity contribution is 5.92. The SMILES string of the molecule is CCCC(C)(NC(=O)Nc1ncccn1)C(=O)O. The first-order chi connectivity index (χ1) is 8.48. The minimum Gasteiger partial charge on any atom is -0.480 e. The molecule has 1 aromatic rings. The molecule has 0 aliphatic carbocycles. The minimum absolute atomic E-state index is 0.124. The van der Waals surface area contributed by atoms with E-state index in [4.69, 9.17) is 5.11 Å². The molecule has 0 aromatic carbocycles. The van der Waals surface area contributed by atoms with E-state index in [1.165, 1.54) is 19.3 Å². The summed E-state index contributed by atoms with van der Waals surface area (Å²) >= 11 is 0. The van der Waals surface area contributed by atoms with Crippen molar-refractivity contribution < 1.29 is 14.7 Å². The first kappa shape index (κ1) is 13.9. The molecule has 1 unspecified atom stereocenters. The highest BCUT2D eigenvalue weighted by Gasteiger charge is 2.33. The van der Waals surface area contributed by atoms with E-state index in [9.17, 15) is 9.59 Å². The lowest BCUT2D eigenvalue weighted by Crippen LogP contribution is -2.53. The normalized spacial score (nSPS) is 13.4. The summed E-state index contributed by atoms with van der Waals surface area (Å²) in [5.74, 6) is -0.951. The Labute approximate surface area is 105 Å². The lowest BCUT2D eigenvalue weighted by atomic mass is 9.97. The Balaban J connectivity index is 2.65. The fourth-order valence-electron chi connectivity index (χ4n) is 1.47. The molecule has 98 valence electrons. The second kappa shape index (κ2) is 5.95. The van der Waals surface area contributed by atoms with Crippen molar-refractivity contribution in [3.8, 4) is 0 Å². The molecule has 1 atom stereocenters. The molecule has 18 heavy (non-hydrogen) atoms. The van der Waals surface area contributed by atoms with Gasteiger partial charge in [0.05, 0.1) is 0 Å². The molecule has 0 radical (unpaired) electrons. The van der Waals surface area contributed by atoms with Crippen molar-refractivity contribution in [1.29, 1.82) is 0 Å². The molecule has 2 amide bonds. The van der Waals surface area contributed by atoms with Crippen molar-refractivity contribution >= 4 is 17.9 Å². The maximum Gasteiger partial charge on any atom is 0.329 e. The van der Waals surface area contributed by atoms with Crippen LogP contribution < -0.4 is 10.6 Å². The maximum absolute atomic E-state index is 11.6. The Bertz CT molecular complexity index is 424. The van der Waals surface area contributed by atoms with Crippen molar-refractivity contribution in [3.05, 3.63) is 18.5 Å². The van der Waals surface area contributed by atoms with Gasteiger partial charge in [-0.2, -0.15) is 0 Å². The number of nitrogens with zero attached hydrogens (tertiary/aromatic N) is 2. The second-order valence-electron chi connectivity index (χ2n) is 4.04. The highest BCUT2D eigenvalue weighted by atomic mass is 16.4. The monoisotopic (exact) mass is 252 g/mol. The topological polar surface area (TPSA) is 104 Å². The molecule has 0 aliphatic rings. The van der Waals surface area contributed by atoms with Gasteiger partial charge < -0.3 is 10.4 Å². The van der Waals surface area contributed by atoms with Gasteiger partial charge in [-0.05, 0) is 19.4 Å². The molecule has 0 saturated heterocycles. The summed E-state index contributed by atoms with van der Waals surface area (Å²) in [5, 5.41) is 13.9. The summed E-state index contributed by atoms with van der Waals surface area (Å²) in [7, 11) is 0. The number of carbonyl (C=O) groups is 2. The first-order valence-electron chi connectivity index (χ1n) is 5.57. The van der Waals surface area contributed by atoms with Crippen LogP contribution in [-0.4, -0.2) is 32.6 Å². The summed E-state index contributed by atoms with van der Waals surface area (Å²) in [5.41, 5.74) is -1.30. The second-order valence-corrected chi connectivity index (χ2v) is 4.04. The third-order valence-electron chi connectivity index (χ3n) is 2.40. The van der Waals surface area contributed by atoms with Crippen molar-refractivity contribution in [1.82, 2.24) is 15.3 Å².